The maximum absolute atomic E-state index is 12.2. The van der Waals surface area contributed by atoms with Gasteiger partial charge in [0.05, 0.1) is 12.5 Å². The molecule has 150 valence electrons. The van der Waals surface area contributed by atoms with E-state index in [1.54, 1.807) is 24.8 Å². The molecule has 0 heterocycles. The lowest BCUT2D eigenvalue weighted by atomic mass is 9.93. The van der Waals surface area contributed by atoms with Crippen LogP contribution in [0.15, 0.2) is 36.4 Å². The highest BCUT2D eigenvalue weighted by atomic mass is 35.5. The van der Waals surface area contributed by atoms with E-state index in [0.717, 1.165) is 27.8 Å². The van der Waals surface area contributed by atoms with E-state index in [1.165, 1.54) is 0 Å². The Morgan fingerprint density at radius 1 is 1.14 bits per heavy atom. The number of hydrogen-bond donors (Lipinski definition) is 0. The van der Waals surface area contributed by atoms with Crippen molar-refractivity contribution < 1.29 is 14.3 Å². The standard InChI is InChI=1S/C23H28ClNO3/c1-6-25(17(5)26)14-20-10-15(3)8-9-22(20)19-11-18(12-21(24)13-19)16(4)23(27)28-7-2/h8-13,16H,6-7,14H2,1-5H3. The molecule has 0 saturated carbocycles. The summed E-state index contributed by atoms with van der Waals surface area (Å²) in [6.07, 6.45) is 0. The van der Waals surface area contributed by atoms with Crippen LogP contribution in [0.25, 0.3) is 11.1 Å². The second-order valence-electron chi connectivity index (χ2n) is 6.94. The fourth-order valence-corrected chi connectivity index (χ4v) is 3.45. The number of aryl methyl sites for hydroxylation is 1. The molecule has 0 aliphatic carbocycles. The molecule has 1 unspecified atom stereocenters. The van der Waals surface area contributed by atoms with E-state index in [0.29, 0.717) is 24.7 Å². The third-order valence-electron chi connectivity index (χ3n) is 4.82. The van der Waals surface area contributed by atoms with Gasteiger partial charge in [-0.15, -0.1) is 0 Å². The topological polar surface area (TPSA) is 46.6 Å². The molecule has 1 atom stereocenters. The lowest BCUT2D eigenvalue weighted by Crippen LogP contribution is -2.28. The van der Waals surface area contributed by atoms with E-state index in [-0.39, 0.29) is 11.9 Å². The molecule has 0 aliphatic heterocycles. The van der Waals surface area contributed by atoms with Crippen molar-refractivity contribution in [1.29, 1.82) is 0 Å². The highest BCUT2D eigenvalue weighted by Crippen LogP contribution is 2.32. The lowest BCUT2D eigenvalue weighted by Gasteiger charge is -2.22. The van der Waals surface area contributed by atoms with Crippen LogP contribution in [0.4, 0.5) is 0 Å². The molecule has 0 saturated heterocycles. The van der Waals surface area contributed by atoms with Crippen molar-refractivity contribution in [2.45, 2.75) is 47.1 Å². The summed E-state index contributed by atoms with van der Waals surface area (Å²) < 4.78 is 5.15. The molecule has 0 spiro atoms. The van der Waals surface area contributed by atoms with Crippen LogP contribution in [0.5, 0.6) is 0 Å². The zero-order valence-electron chi connectivity index (χ0n) is 17.2. The molecule has 1 amide bonds. The first-order valence-corrected chi connectivity index (χ1v) is 9.97. The van der Waals surface area contributed by atoms with Crippen molar-refractivity contribution in [2.75, 3.05) is 13.2 Å². The molecule has 0 aromatic heterocycles. The number of esters is 1. The van der Waals surface area contributed by atoms with Crippen LogP contribution in [-0.2, 0) is 20.9 Å². The molecule has 0 aliphatic rings. The summed E-state index contributed by atoms with van der Waals surface area (Å²) in [7, 11) is 0. The van der Waals surface area contributed by atoms with E-state index >= 15 is 0 Å². The van der Waals surface area contributed by atoms with Gasteiger partial charge in [-0.2, -0.15) is 0 Å². The summed E-state index contributed by atoms with van der Waals surface area (Å²) >= 11 is 6.38. The quantitative estimate of drug-likeness (QED) is 0.587. The molecule has 28 heavy (non-hydrogen) atoms. The van der Waals surface area contributed by atoms with Crippen molar-refractivity contribution >= 4 is 23.5 Å². The largest absolute Gasteiger partial charge is 0.466 e. The Hall–Kier alpha value is -2.33. The van der Waals surface area contributed by atoms with Crippen LogP contribution >= 0.6 is 11.6 Å². The third-order valence-corrected chi connectivity index (χ3v) is 5.04. The van der Waals surface area contributed by atoms with Crippen molar-refractivity contribution in [1.82, 2.24) is 4.90 Å². The number of carbonyl (C=O) groups excluding carboxylic acids is 2. The van der Waals surface area contributed by atoms with Gasteiger partial charge < -0.3 is 9.64 Å². The smallest absolute Gasteiger partial charge is 0.313 e. The van der Waals surface area contributed by atoms with E-state index in [4.69, 9.17) is 16.3 Å². The second-order valence-corrected chi connectivity index (χ2v) is 7.38. The average Bonchev–Trinajstić information content (AvgIpc) is 2.64. The van der Waals surface area contributed by atoms with Gasteiger partial charge in [0, 0.05) is 25.0 Å². The molecule has 0 bridgehead atoms. The van der Waals surface area contributed by atoms with Gasteiger partial charge in [-0.1, -0.05) is 41.4 Å². The number of nitrogens with zero attached hydrogens (tertiary/aromatic N) is 1. The number of ether oxygens (including phenoxy) is 1. The Bertz CT molecular complexity index is 863. The Labute approximate surface area is 172 Å². The molecule has 0 N–H and O–H groups in total. The zero-order chi connectivity index (χ0) is 20.8. The molecular weight excluding hydrogens is 374 g/mol. The molecule has 2 aromatic rings. The van der Waals surface area contributed by atoms with E-state index in [2.05, 4.69) is 6.07 Å². The summed E-state index contributed by atoms with van der Waals surface area (Å²) in [5, 5.41) is 0.564. The SMILES string of the molecule is CCOC(=O)C(C)c1cc(Cl)cc(-c2ccc(C)cc2CN(CC)C(C)=O)c1. The molecule has 5 heteroatoms. The number of hydrogen-bond acceptors (Lipinski definition) is 3. The Morgan fingerprint density at radius 2 is 1.86 bits per heavy atom. The molecule has 0 fully saturated rings. The fourth-order valence-electron chi connectivity index (χ4n) is 3.21. The normalized spacial score (nSPS) is 11.8. The van der Waals surface area contributed by atoms with E-state index in [1.807, 2.05) is 45.0 Å². The van der Waals surface area contributed by atoms with Crippen LogP contribution < -0.4 is 0 Å². The highest BCUT2D eigenvalue weighted by Gasteiger charge is 2.19. The zero-order valence-corrected chi connectivity index (χ0v) is 18.0. The molecule has 2 aromatic carbocycles. The molecule has 0 radical (unpaired) electrons. The molecule has 4 nitrogen and oxygen atoms in total. The van der Waals surface area contributed by atoms with Gasteiger partial charge in [-0.3, -0.25) is 9.59 Å². The first-order chi connectivity index (χ1) is 13.3. The minimum absolute atomic E-state index is 0.0395. The first kappa shape index (κ1) is 22.0. The van der Waals surface area contributed by atoms with Crippen LogP contribution in [-0.4, -0.2) is 29.9 Å². The van der Waals surface area contributed by atoms with Crippen molar-refractivity contribution in [2.24, 2.45) is 0 Å². The predicted octanol–water partition coefficient (Wildman–Crippen LogP) is 5.35. The number of halogens is 1. The van der Waals surface area contributed by atoms with Gasteiger partial charge in [-0.25, -0.2) is 0 Å². The highest BCUT2D eigenvalue weighted by molar-refractivity contribution is 6.31. The minimum atomic E-state index is -0.407. The number of amides is 1. The first-order valence-electron chi connectivity index (χ1n) is 9.59. The van der Waals surface area contributed by atoms with E-state index in [9.17, 15) is 9.59 Å². The molecule has 2 rings (SSSR count). The Morgan fingerprint density at radius 3 is 2.46 bits per heavy atom. The lowest BCUT2D eigenvalue weighted by molar-refractivity contribution is -0.144. The number of benzene rings is 2. The average molecular weight is 402 g/mol. The van der Waals surface area contributed by atoms with Gasteiger partial charge in [0.1, 0.15) is 0 Å². The number of carbonyl (C=O) groups is 2. The van der Waals surface area contributed by atoms with E-state index < -0.39 is 5.92 Å². The van der Waals surface area contributed by atoms with Crippen LogP contribution in [0, 0.1) is 6.92 Å². The van der Waals surface area contributed by atoms with Gasteiger partial charge in [0.25, 0.3) is 0 Å². The van der Waals surface area contributed by atoms with Crippen LogP contribution in [0.3, 0.4) is 0 Å². The van der Waals surface area contributed by atoms with Crippen molar-refractivity contribution in [3.8, 4) is 11.1 Å². The van der Waals surface area contributed by atoms with Gasteiger partial charge >= 0.3 is 5.97 Å². The summed E-state index contributed by atoms with van der Waals surface area (Å²) in [5.74, 6) is -0.637. The number of rotatable bonds is 7. The summed E-state index contributed by atoms with van der Waals surface area (Å²) in [6.45, 7) is 10.7. The Balaban J connectivity index is 2.50. The fraction of sp³-hybridized carbons (Fsp3) is 0.391. The summed E-state index contributed by atoms with van der Waals surface area (Å²) in [5.41, 5.74) is 4.92. The Kier molecular flexibility index (Phi) is 7.64. The van der Waals surface area contributed by atoms with Gasteiger partial charge in [0.2, 0.25) is 5.91 Å². The van der Waals surface area contributed by atoms with Crippen LogP contribution in [0.2, 0.25) is 5.02 Å². The maximum atomic E-state index is 12.2. The monoisotopic (exact) mass is 401 g/mol. The maximum Gasteiger partial charge on any atom is 0.313 e. The van der Waals surface area contributed by atoms with Gasteiger partial charge in [-0.05, 0) is 62.1 Å². The van der Waals surface area contributed by atoms with Gasteiger partial charge in [0.15, 0.2) is 0 Å². The summed E-state index contributed by atoms with van der Waals surface area (Å²) in [6, 6.07) is 11.8. The van der Waals surface area contributed by atoms with Crippen molar-refractivity contribution in [3.63, 3.8) is 0 Å². The second kappa shape index (κ2) is 9.74. The van der Waals surface area contributed by atoms with Crippen molar-refractivity contribution in [3.05, 3.63) is 58.1 Å². The predicted molar refractivity (Wildman–Crippen MR) is 113 cm³/mol. The van der Waals surface area contributed by atoms with Crippen LogP contribution in [0.1, 0.15) is 50.3 Å². The minimum Gasteiger partial charge on any atom is -0.466 e. The third kappa shape index (κ3) is 5.35. The summed E-state index contributed by atoms with van der Waals surface area (Å²) in [4.78, 5) is 25.9. The molecular formula is C23H28ClNO3.